The van der Waals surface area contributed by atoms with Gasteiger partial charge in [0.25, 0.3) is 10.0 Å². The number of benzene rings is 3. The molecule has 0 aliphatic heterocycles. The van der Waals surface area contributed by atoms with Crippen molar-refractivity contribution in [3.8, 4) is 0 Å². The molecule has 138 valence electrons. The Kier molecular flexibility index (Phi) is 4.50. The van der Waals surface area contributed by atoms with Crippen molar-refractivity contribution in [1.29, 1.82) is 0 Å². The number of hydrogen-bond donors (Lipinski definition) is 2. The van der Waals surface area contributed by atoms with Gasteiger partial charge in [-0.3, -0.25) is 4.72 Å². The predicted molar refractivity (Wildman–Crippen MR) is 109 cm³/mol. The molecule has 27 heavy (non-hydrogen) atoms. The largest absolute Gasteiger partial charge is 0.396 e. The average Bonchev–Trinajstić information content (AvgIpc) is 2.96. The van der Waals surface area contributed by atoms with Crippen molar-refractivity contribution in [2.45, 2.75) is 24.7 Å². The van der Waals surface area contributed by atoms with Gasteiger partial charge in [0.05, 0.1) is 4.90 Å². The second-order valence-electron chi connectivity index (χ2n) is 6.90. The van der Waals surface area contributed by atoms with Crippen molar-refractivity contribution in [3.63, 3.8) is 0 Å². The van der Waals surface area contributed by atoms with Gasteiger partial charge in [-0.15, -0.1) is 0 Å². The lowest BCUT2D eigenvalue weighted by Crippen LogP contribution is -2.13. The molecule has 0 bridgehead atoms. The molecule has 4 rings (SSSR count). The molecule has 0 saturated carbocycles. The Morgan fingerprint density at radius 1 is 1.00 bits per heavy atom. The maximum atomic E-state index is 12.9. The standard InChI is InChI=1S/C22H21NO3S/c1-15-12-18-6-8-19(14-22(18)21(15)10-11-24)23-27(25,26)20-9-7-16-4-2-3-5-17(16)13-20/h2-9,13-14,23-24H,10-12H2,1H3. The van der Waals surface area contributed by atoms with Gasteiger partial charge >= 0.3 is 0 Å². The number of sulfonamides is 1. The quantitative estimate of drug-likeness (QED) is 0.692. The number of aliphatic hydroxyl groups excluding tert-OH is 1. The van der Waals surface area contributed by atoms with E-state index < -0.39 is 10.0 Å². The van der Waals surface area contributed by atoms with Crippen LogP contribution < -0.4 is 4.72 Å². The van der Waals surface area contributed by atoms with Crippen LogP contribution in [0, 0.1) is 0 Å². The summed E-state index contributed by atoms with van der Waals surface area (Å²) in [5.74, 6) is 0. The van der Waals surface area contributed by atoms with Crippen molar-refractivity contribution < 1.29 is 13.5 Å². The maximum absolute atomic E-state index is 12.9. The summed E-state index contributed by atoms with van der Waals surface area (Å²) in [6.45, 7) is 2.14. The maximum Gasteiger partial charge on any atom is 0.261 e. The molecule has 0 fully saturated rings. The van der Waals surface area contributed by atoms with E-state index in [9.17, 15) is 13.5 Å². The van der Waals surface area contributed by atoms with E-state index in [4.69, 9.17) is 0 Å². The fraction of sp³-hybridized carbons (Fsp3) is 0.182. The lowest BCUT2D eigenvalue weighted by Gasteiger charge is -2.12. The summed E-state index contributed by atoms with van der Waals surface area (Å²) < 4.78 is 28.4. The first kappa shape index (κ1) is 17.8. The first-order valence-electron chi connectivity index (χ1n) is 8.92. The van der Waals surface area contributed by atoms with E-state index in [1.54, 1.807) is 18.2 Å². The van der Waals surface area contributed by atoms with Crippen LogP contribution in [-0.4, -0.2) is 20.1 Å². The minimum Gasteiger partial charge on any atom is -0.396 e. The van der Waals surface area contributed by atoms with E-state index in [0.717, 1.165) is 28.3 Å². The third kappa shape index (κ3) is 3.36. The van der Waals surface area contributed by atoms with Crippen molar-refractivity contribution in [2.24, 2.45) is 0 Å². The molecule has 5 heteroatoms. The van der Waals surface area contributed by atoms with Crippen LogP contribution in [0.15, 0.2) is 71.1 Å². The molecule has 1 aliphatic rings. The molecule has 3 aromatic rings. The Hall–Kier alpha value is -2.63. The number of allylic oxidation sites excluding steroid dienone is 1. The first-order valence-corrected chi connectivity index (χ1v) is 10.4. The lowest BCUT2D eigenvalue weighted by atomic mass is 10.0. The highest BCUT2D eigenvalue weighted by molar-refractivity contribution is 7.92. The minimum atomic E-state index is -3.68. The van der Waals surface area contributed by atoms with Crippen LogP contribution in [0.3, 0.4) is 0 Å². The molecule has 0 amide bonds. The summed E-state index contributed by atoms with van der Waals surface area (Å²) in [7, 11) is -3.68. The lowest BCUT2D eigenvalue weighted by molar-refractivity contribution is 0.305. The van der Waals surface area contributed by atoms with Crippen LogP contribution in [0.2, 0.25) is 0 Å². The zero-order valence-electron chi connectivity index (χ0n) is 15.1. The third-order valence-corrected chi connectivity index (χ3v) is 6.43. The molecule has 0 radical (unpaired) electrons. The normalized spacial score (nSPS) is 13.9. The Balaban J connectivity index is 1.67. The van der Waals surface area contributed by atoms with E-state index in [0.29, 0.717) is 12.1 Å². The van der Waals surface area contributed by atoms with Gasteiger partial charge in [-0.05, 0) is 71.5 Å². The van der Waals surface area contributed by atoms with Gasteiger partial charge in [0, 0.05) is 12.3 Å². The molecule has 2 N–H and O–H groups in total. The third-order valence-electron chi connectivity index (χ3n) is 5.05. The zero-order chi connectivity index (χ0) is 19.0. The highest BCUT2D eigenvalue weighted by Gasteiger charge is 2.20. The zero-order valence-corrected chi connectivity index (χ0v) is 15.9. The molecule has 0 spiro atoms. The van der Waals surface area contributed by atoms with Crippen LogP contribution in [0.4, 0.5) is 5.69 Å². The highest BCUT2D eigenvalue weighted by Crippen LogP contribution is 2.36. The highest BCUT2D eigenvalue weighted by atomic mass is 32.2. The smallest absolute Gasteiger partial charge is 0.261 e. The summed E-state index contributed by atoms with van der Waals surface area (Å²) in [5, 5.41) is 11.2. The van der Waals surface area contributed by atoms with Crippen molar-refractivity contribution in [2.75, 3.05) is 11.3 Å². The Morgan fingerprint density at radius 3 is 2.56 bits per heavy atom. The van der Waals surface area contributed by atoms with Crippen molar-refractivity contribution >= 4 is 32.1 Å². The number of fused-ring (bicyclic) bond motifs is 2. The number of rotatable bonds is 5. The van der Waals surface area contributed by atoms with Gasteiger partial charge in [-0.1, -0.05) is 42.0 Å². The average molecular weight is 379 g/mol. The molecule has 0 aromatic heterocycles. The first-order chi connectivity index (χ1) is 13.0. The summed E-state index contributed by atoms with van der Waals surface area (Å²) in [5.41, 5.74) is 5.07. The van der Waals surface area contributed by atoms with Crippen LogP contribution in [-0.2, 0) is 16.4 Å². The number of anilines is 1. The van der Waals surface area contributed by atoms with E-state index >= 15 is 0 Å². The molecular formula is C22H21NO3S. The fourth-order valence-corrected chi connectivity index (χ4v) is 4.79. The second kappa shape index (κ2) is 6.83. The molecule has 3 aromatic carbocycles. The molecule has 1 aliphatic carbocycles. The number of aliphatic hydroxyl groups is 1. The topological polar surface area (TPSA) is 66.4 Å². The monoisotopic (exact) mass is 379 g/mol. The van der Waals surface area contributed by atoms with Crippen molar-refractivity contribution in [1.82, 2.24) is 0 Å². The van der Waals surface area contributed by atoms with Gasteiger partial charge in [-0.25, -0.2) is 8.42 Å². The van der Waals surface area contributed by atoms with Gasteiger partial charge in [0.15, 0.2) is 0 Å². The van der Waals surface area contributed by atoms with Crippen LogP contribution in [0.5, 0.6) is 0 Å². The van der Waals surface area contributed by atoms with E-state index in [2.05, 4.69) is 11.6 Å². The summed E-state index contributed by atoms with van der Waals surface area (Å²) in [6.07, 6.45) is 1.43. The summed E-state index contributed by atoms with van der Waals surface area (Å²) >= 11 is 0. The van der Waals surface area contributed by atoms with Crippen LogP contribution >= 0.6 is 0 Å². The Morgan fingerprint density at radius 2 is 1.78 bits per heavy atom. The number of hydrogen-bond acceptors (Lipinski definition) is 3. The van der Waals surface area contributed by atoms with Gasteiger partial charge in [0.2, 0.25) is 0 Å². The molecule has 0 heterocycles. The van der Waals surface area contributed by atoms with Crippen molar-refractivity contribution in [3.05, 3.63) is 77.4 Å². The van der Waals surface area contributed by atoms with E-state index in [1.165, 1.54) is 11.1 Å². The number of nitrogens with one attached hydrogen (secondary N) is 1. The molecule has 0 unspecified atom stereocenters. The van der Waals surface area contributed by atoms with Gasteiger partial charge in [-0.2, -0.15) is 0 Å². The van der Waals surface area contributed by atoms with Gasteiger partial charge in [0.1, 0.15) is 0 Å². The van der Waals surface area contributed by atoms with Gasteiger partial charge < -0.3 is 5.11 Å². The predicted octanol–water partition coefficient (Wildman–Crippen LogP) is 4.35. The van der Waals surface area contributed by atoms with Crippen LogP contribution in [0.1, 0.15) is 24.5 Å². The van der Waals surface area contributed by atoms with E-state index in [1.807, 2.05) is 42.5 Å². The molecule has 4 nitrogen and oxygen atoms in total. The Labute approximate surface area is 159 Å². The van der Waals surface area contributed by atoms with Crippen LogP contribution in [0.25, 0.3) is 16.3 Å². The summed E-state index contributed by atoms with van der Waals surface area (Å²) in [4.78, 5) is 0.240. The summed E-state index contributed by atoms with van der Waals surface area (Å²) in [6, 6.07) is 18.4. The Bertz CT molecular complexity index is 1160. The van der Waals surface area contributed by atoms with E-state index in [-0.39, 0.29) is 11.5 Å². The molecule has 0 atom stereocenters. The molecule has 0 saturated heterocycles. The minimum absolute atomic E-state index is 0.0825. The SMILES string of the molecule is CC1=C(CCO)c2cc(NS(=O)(=O)c3ccc4ccccc4c3)ccc2C1. The second-order valence-corrected chi connectivity index (χ2v) is 8.58. The molecular weight excluding hydrogens is 358 g/mol. The fourth-order valence-electron chi connectivity index (χ4n) is 3.71.